The van der Waals surface area contributed by atoms with Gasteiger partial charge >= 0.3 is 0 Å². The van der Waals surface area contributed by atoms with Gasteiger partial charge in [-0.25, -0.2) is 0 Å². The molecule has 0 aromatic rings. The SMILES string of the molecule is CNCCCCCC(C)C(C)CCC1CCCCC1(C)C. The Labute approximate surface area is 134 Å². The first-order valence-electron chi connectivity index (χ1n) is 9.62. The molecule has 0 bridgehead atoms. The van der Waals surface area contributed by atoms with Crippen LogP contribution in [0.3, 0.4) is 0 Å². The van der Waals surface area contributed by atoms with E-state index in [1.54, 1.807) is 0 Å². The molecule has 0 spiro atoms. The van der Waals surface area contributed by atoms with Crippen LogP contribution in [0.5, 0.6) is 0 Å². The molecule has 0 heterocycles. The Morgan fingerprint density at radius 2 is 1.71 bits per heavy atom. The maximum absolute atomic E-state index is 3.24. The van der Waals surface area contributed by atoms with Crippen LogP contribution in [-0.2, 0) is 0 Å². The van der Waals surface area contributed by atoms with E-state index in [-0.39, 0.29) is 0 Å². The van der Waals surface area contributed by atoms with Crippen molar-refractivity contribution in [1.82, 2.24) is 5.32 Å². The zero-order chi connectivity index (χ0) is 15.7. The van der Waals surface area contributed by atoms with Gasteiger partial charge in [0.05, 0.1) is 0 Å². The minimum absolute atomic E-state index is 0.606. The van der Waals surface area contributed by atoms with Gasteiger partial charge in [-0.1, -0.05) is 66.2 Å². The number of nitrogens with one attached hydrogen (secondary N) is 1. The molecule has 1 aliphatic rings. The summed E-state index contributed by atoms with van der Waals surface area (Å²) in [7, 11) is 2.05. The molecule has 1 heteroatoms. The second-order valence-electron chi connectivity index (χ2n) is 8.42. The molecule has 0 aliphatic heterocycles. The van der Waals surface area contributed by atoms with Gasteiger partial charge in [-0.15, -0.1) is 0 Å². The quantitative estimate of drug-likeness (QED) is 0.485. The molecular formula is C20H41N. The smallest absolute Gasteiger partial charge is 0.00519 e. The molecule has 1 aliphatic carbocycles. The highest BCUT2D eigenvalue weighted by atomic mass is 14.8. The standard InChI is InChI=1S/C20H41N/c1-17(11-7-6-10-16-21-5)18(2)13-14-19-12-8-9-15-20(19,3)4/h17-19,21H,6-16H2,1-5H3. The molecule has 0 aromatic carbocycles. The van der Waals surface area contributed by atoms with Gasteiger partial charge in [-0.2, -0.15) is 0 Å². The van der Waals surface area contributed by atoms with Crippen molar-refractivity contribution in [3.8, 4) is 0 Å². The van der Waals surface area contributed by atoms with E-state index in [2.05, 4.69) is 40.1 Å². The van der Waals surface area contributed by atoms with E-state index in [4.69, 9.17) is 0 Å². The predicted octanol–water partition coefficient (Wildman–Crippen LogP) is 6.04. The van der Waals surface area contributed by atoms with Crippen molar-refractivity contribution in [2.75, 3.05) is 13.6 Å². The van der Waals surface area contributed by atoms with Crippen molar-refractivity contribution in [1.29, 1.82) is 0 Å². The molecule has 0 saturated heterocycles. The molecule has 1 nitrogen and oxygen atoms in total. The van der Waals surface area contributed by atoms with Crippen LogP contribution in [-0.4, -0.2) is 13.6 Å². The third-order valence-corrected chi connectivity index (χ3v) is 6.26. The van der Waals surface area contributed by atoms with Crippen molar-refractivity contribution < 1.29 is 0 Å². The van der Waals surface area contributed by atoms with Crippen LogP contribution in [0.4, 0.5) is 0 Å². The highest BCUT2D eigenvalue weighted by Gasteiger charge is 2.32. The third kappa shape index (κ3) is 7.17. The zero-order valence-corrected chi connectivity index (χ0v) is 15.5. The van der Waals surface area contributed by atoms with Gasteiger partial charge in [-0.3, -0.25) is 0 Å². The Hall–Kier alpha value is -0.0400. The van der Waals surface area contributed by atoms with Gasteiger partial charge in [0.25, 0.3) is 0 Å². The van der Waals surface area contributed by atoms with Gasteiger partial charge in [0, 0.05) is 0 Å². The highest BCUT2D eigenvalue weighted by Crippen LogP contribution is 2.43. The molecule has 1 rings (SSSR count). The highest BCUT2D eigenvalue weighted by molar-refractivity contribution is 4.83. The largest absolute Gasteiger partial charge is 0.320 e. The van der Waals surface area contributed by atoms with Crippen molar-refractivity contribution in [3.05, 3.63) is 0 Å². The molecule has 21 heavy (non-hydrogen) atoms. The van der Waals surface area contributed by atoms with E-state index < -0.39 is 0 Å². The summed E-state index contributed by atoms with van der Waals surface area (Å²) >= 11 is 0. The Morgan fingerprint density at radius 3 is 2.38 bits per heavy atom. The fraction of sp³-hybridized carbons (Fsp3) is 1.00. The molecule has 0 radical (unpaired) electrons. The van der Waals surface area contributed by atoms with E-state index in [0.717, 1.165) is 17.8 Å². The topological polar surface area (TPSA) is 12.0 Å². The van der Waals surface area contributed by atoms with Gasteiger partial charge in [0.2, 0.25) is 0 Å². The molecular weight excluding hydrogens is 254 g/mol. The molecule has 1 N–H and O–H groups in total. The molecule has 0 aromatic heterocycles. The second-order valence-corrected chi connectivity index (χ2v) is 8.42. The normalized spacial score (nSPS) is 24.7. The van der Waals surface area contributed by atoms with E-state index in [0.29, 0.717) is 5.41 Å². The maximum atomic E-state index is 3.24. The van der Waals surface area contributed by atoms with Crippen LogP contribution in [0.2, 0.25) is 0 Å². The Morgan fingerprint density at radius 1 is 1.00 bits per heavy atom. The number of hydrogen-bond acceptors (Lipinski definition) is 1. The summed E-state index contributed by atoms with van der Waals surface area (Å²) in [6.45, 7) is 11.2. The summed E-state index contributed by atoms with van der Waals surface area (Å²) < 4.78 is 0. The van der Waals surface area contributed by atoms with Gasteiger partial charge in [0.1, 0.15) is 0 Å². The van der Waals surface area contributed by atoms with Crippen molar-refractivity contribution in [2.24, 2.45) is 23.2 Å². The summed E-state index contributed by atoms with van der Waals surface area (Å²) in [5.41, 5.74) is 0.606. The lowest BCUT2D eigenvalue weighted by atomic mass is 9.66. The predicted molar refractivity (Wildman–Crippen MR) is 95.7 cm³/mol. The number of unbranched alkanes of at least 4 members (excludes halogenated alkanes) is 2. The summed E-state index contributed by atoms with van der Waals surface area (Å²) in [5, 5.41) is 3.24. The van der Waals surface area contributed by atoms with Gasteiger partial charge in [0.15, 0.2) is 0 Å². The molecule has 126 valence electrons. The number of hydrogen-bond donors (Lipinski definition) is 1. The summed E-state index contributed by atoms with van der Waals surface area (Å²) in [5.74, 6) is 2.80. The maximum Gasteiger partial charge on any atom is -0.00519 e. The van der Waals surface area contributed by atoms with Crippen molar-refractivity contribution in [3.63, 3.8) is 0 Å². The van der Waals surface area contributed by atoms with Crippen LogP contribution < -0.4 is 5.32 Å². The second kappa shape index (κ2) is 9.87. The molecule has 1 fully saturated rings. The first kappa shape index (κ1) is 19.0. The lowest BCUT2D eigenvalue weighted by Crippen LogP contribution is -2.28. The Kier molecular flexibility index (Phi) is 8.94. The third-order valence-electron chi connectivity index (χ3n) is 6.26. The Balaban J connectivity index is 2.18. The summed E-state index contributed by atoms with van der Waals surface area (Å²) in [6.07, 6.45) is 14.4. The lowest BCUT2D eigenvalue weighted by molar-refractivity contribution is 0.118. The van der Waals surface area contributed by atoms with Gasteiger partial charge < -0.3 is 5.32 Å². The fourth-order valence-electron chi connectivity index (χ4n) is 4.08. The number of rotatable bonds is 10. The molecule has 3 atom stereocenters. The average Bonchev–Trinajstić information content (AvgIpc) is 2.45. The van der Waals surface area contributed by atoms with E-state index >= 15 is 0 Å². The molecule has 3 unspecified atom stereocenters. The molecule has 1 saturated carbocycles. The van der Waals surface area contributed by atoms with Crippen LogP contribution in [0.15, 0.2) is 0 Å². The first-order chi connectivity index (χ1) is 9.97. The first-order valence-corrected chi connectivity index (χ1v) is 9.62. The van der Waals surface area contributed by atoms with E-state index in [1.165, 1.54) is 70.8 Å². The lowest BCUT2D eigenvalue weighted by Gasteiger charge is -2.39. The van der Waals surface area contributed by atoms with Crippen LogP contribution in [0, 0.1) is 23.2 Å². The Bertz CT molecular complexity index is 259. The average molecular weight is 296 g/mol. The van der Waals surface area contributed by atoms with Crippen LogP contribution in [0.1, 0.15) is 91.9 Å². The minimum atomic E-state index is 0.606. The van der Waals surface area contributed by atoms with Crippen molar-refractivity contribution in [2.45, 2.75) is 91.9 Å². The minimum Gasteiger partial charge on any atom is -0.320 e. The van der Waals surface area contributed by atoms with Crippen molar-refractivity contribution >= 4 is 0 Å². The van der Waals surface area contributed by atoms with E-state index in [1.807, 2.05) is 0 Å². The van der Waals surface area contributed by atoms with Crippen LogP contribution in [0.25, 0.3) is 0 Å². The molecule has 0 amide bonds. The zero-order valence-electron chi connectivity index (χ0n) is 15.5. The van der Waals surface area contributed by atoms with Crippen LogP contribution >= 0.6 is 0 Å². The van der Waals surface area contributed by atoms with E-state index in [9.17, 15) is 0 Å². The summed E-state index contributed by atoms with van der Waals surface area (Å²) in [6, 6.07) is 0. The summed E-state index contributed by atoms with van der Waals surface area (Å²) in [4.78, 5) is 0. The monoisotopic (exact) mass is 295 g/mol. The fourth-order valence-corrected chi connectivity index (χ4v) is 4.08. The van der Waals surface area contributed by atoms with Gasteiger partial charge in [-0.05, 0) is 62.4 Å².